The maximum absolute atomic E-state index is 3.55. The monoisotopic (exact) mass is 273 g/mol. The van der Waals surface area contributed by atoms with E-state index in [0.29, 0.717) is 12.1 Å². The Morgan fingerprint density at radius 2 is 1.85 bits per heavy atom. The summed E-state index contributed by atoms with van der Waals surface area (Å²) in [7, 11) is 0. The van der Waals surface area contributed by atoms with Gasteiger partial charge < -0.3 is 15.1 Å². The van der Waals surface area contributed by atoms with Crippen LogP contribution in [0.3, 0.4) is 0 Å². The molecule has 0 bridgehead atoms. The first-order chi connectivity index (χ1) is 9.75. The fraction of sp³-hybridized carbons (Fsp3) is 0.647. The Morgan fingerprint density at radius 1 is 1.10 bits per heavy atom. The molecular weight excluding hydrogens is 246 g/mol. The summed E-state index contributed by atoms with van der Waals surface area (Å²) in [5.41, 5.74) is 2.91. The van der Waals surface area contributed by atoms with Crippen LogP contribution in [0.5, 0.6) is 0 Å². The zero-order chi connectivity index (χ0) is 13.9. The summed E-state index contributed by atoms with van der Waals surface area (Å²) in [4.78, 5) is 5.27. The lowest BCUT2D eigenvalue weighted by Gasteiger charge is -2.41. The Balaban J connectivity index is 1.74. The number of hydrogen-bond donors (Lipinski definition) is 1. The lowest BCUT2D eigenvalue weighted by atomic mass is 10.00. The highest BCUT2D eigenvalue weighted by atomic mass is 15.2. The van der Waals surface area contributed by atoms with Crippen molar-refractivity contribution in [2.45, 2.75) is 45.3 Å². The summed E-state index contributed by atoms with van der Waals surface area (Å²) >= 11 is 0. The van der Waals surface area contributed by atoms with Gasteiger partial charge in [-0.05, 0) is 38.3 Å². The van der Waals surface area contributed by atoms with Gasteiger partial charge in [-0.1, -0.05) is 18.2 Å². The fourth-order valence-electron chi connectivity index (χ4n) is 3.58. The molecule has 0 atom stereocenters. The van der Waals surface area contributed by atoms with Crippen molar-refractivity contribution in [1.29, 1.82) is 0 Å². The molecular formula is C17H27N3. The number of likely N-dealkylation sites (tertiary alicyclic amines) is 1. The minimum Gasteiger partial charge on any atom is -0.367 e. The third-order valence-electron chi connectivity index (χ3n) is 4.82. The molecule has 1 fully saturated rings. The summed E-state index contributed by atoms with van der Waals surface area (Å²) in [6.45, 7) is 10.4. The van der Waals surface area contributed by atoms with Gasteiger partial charge in [-0.2, -0.15) is 0 Å². The molecule has 3 heteroatoms. The number of anilines is 1. The van der Waals surface area contributed by atoms with E-state index in [1.54, 1.807) is 0 Å². The SMILES string of the molecule is CC(C)N1CCC(N2CCNCc3ccccc32)CC1. The molecule has 2 aliphatic rings. The molecule has 0 amide bonds. The average Bonchev–Trinajstić information content (AvgIpc) is 2.69. The van der Waals surface area contributed by atoms with E-state index in [9.17, 15) is 0 Å². The number of benzene rings is 1. The molecule has 110 valence electrons. The molecule has 0 radical (unpaired) electrons. The third kappa shape index (κ3) is 2.84. The molecule has 0 aliphatic carbocycles. The van der Waals surface area contributed by atoms with E-state index < -0.39 is 0 Å². The van der Waals surface area contributed by atoms with Gasteiger partial charge in [-0.15, -0.1) is 0 Å². The van der Waals surface area contributed by atoms with Crippen LogP contribution in [-0.4, -0.2) is 43.2 Å². The van der Waals surface area contributed by atoms with Crippen LogP contribution < -0.4 is 10.2 Å². The molecule has 0 spiro atoms. The highest BCUT2D eigenvalue weighted by Crippen LogP contribution is 2.28. The zero-order valence-corrected chi connectivity index (χ0v) is 12.8. The standard InChI is InChI=1S/C17H27N3/c1-14(2)19-10-7-16(8-11-19)20-12-9-18-13-15-5-3-4-6-17(15)20/h3-6,14,16,18H,7-13H2,1-2H3. The van der Waals surface area contributed by atoms with Crippen LogP contribution >= 0.6 is 0 Å². The quantitative estimate of drug-likeness (QED) is 0.893. The van der Waals surface area contributed by atoms with E-state index in [1.165, 1.54) is 37.2 Å². The first-order valence-electron chi connectivity index (χ1n) is 8.05. The second-order valence-electron chi connectivity index (χ2n) is 6.36. The van der Waals surface area contributed by atoms with Crippen LogP contribution in [0.15, 0.2) is 24.3 Å². The normalized spacial score (nSPS) is 21.9. The summed E-state index contributed by atoms with van der Waals surface area (Å²) < 4.78 is 0. The maximum Gasteiger partial charge on any atom is 0.0414 e. The molecule has 0 unspecified atom stereocenters. The Labute approximate surface area is 123 Å². The van der Waals surface area contributed by atoms with Gasteiger partial charge in [0.25, 0.3) is 0 Å². The van der Waals surface area contributed by atoms with Gasteiger partial charge in [0.1, 0.15) is 0 Å². The molecule has 3 rings (SSSR count). The number of nitrogens with one attached hydrogen (secondary N) is 1. The minimum absolute atomic E-state index is 0.689. The number of rotatable bonds is 2. The third-order valence-corrected chi connectivity index (χ3v) is 4.82. The van der Waals surface area contributed by atoms with E-state index >= 15 is 0 Å². The highest BCUT2D eigenvalue weighted by molar-refractivity contribution is 5.55. The first-order valence-corrected chi connectivity index (χ1v) is 8.05. The van der Waals surface area contributed by atoms with Crippen LogP contribution in [0.2, 0.25) is 0 Å². The minimum atomic E-state index is 0.689. The van der Waals surface area contributed by atoms with Crippen LogP contribution in [-0.2, 0) is 6.54 Å². The molecule has 3 nitrogen and oxygen atoms in total. The Kier molecular flexibility index (Phi) is 4.27. The molecule has 2 aliphatic heterocycles. The van der Waals surface area contributed by atoms with Crippen LogP contribution in [0.1, 0.15) is 32.3 Å². The van der Waals surface area contributed by atoms with Gasteiger partial charge in [0, 0.05) is 50.5 Å². The van der Waals surface area contributed by atoms with Gasteiger partial charge in [0.2, 0.25) is 0 Å². The number of fused-ring (bicyclic) bond motifs is 1. The molecule has 1 saturated heterocycles. The van der Waals surface area contributed by atoms with E-state index in [-0.39, 0.29) is 0 Å². The molecule has 1 aromatic rings. The maximum atomic E-state index is 3.55. The van der Waals surface area contributed by atoms with Crippen molar-refractivity contribution in [3.63, 3.8) is 0 Å². The lowest BCUT2D eigenvalue weighted by Crippen LogP contribution is -2.48. The topological polar surface area (TPSA) is 18.5 Å². The number of nitrogens with zero attached hydrogens (tertiary/aromatic N) is 2. The Bertz CT molecular complexity index is 436. The fourth-order valence-corrected chi connectivity index (χ4v) is 3.58. The van der Waals surface area contributed by atoms with Gasteiger partial charge in [0.05, 0.1) is 0 Å². The van der Waals surface area contributed by atoms with Crippen molar-refractivity contribution < 1.29 is 0 Å². The lowest BCUT2D eigenvalue weighted by molar-refractivity contribution is 0.170. The molecule has 20 heavy (non-hydrogen) atoms. The van der Waals surface area contributed by atoms with Crippen molar-refractivity contribution in [3.05, 3.63) is 29.8 Å². The van der Waals surface area contributed by atoms with Crippen LogP contribution in [0.4, 0.5) is 5.69 Å². The predicted octanol–water partition coefficient (Wildman–Crippen LogP) is 2.47. The summed E-state index contributed by atoms with van der Waals surface area (Å²) in [6.07, 6.45) is 2.60. The molecule has 0 aromatic heterocycles. The van der Waals surface area contributed by atoms with Crippen molar-refractivity contribution >= 4 is 5.69 Å². The first kappa shape index (κ1) is 13.9. The van der Waals surface area contributed by atoms with Gasteiger partial charge in [0.15, 0.2) is 0 Å². The van der Waals surface area contributed by atoms with Gasteiger partial charge in [-0.25, -0.2) is 0 Å². The van der Waals surface area contributed by atoms with Crippen molar-refractivity contribution in [2.75, 3.05) is 31.1 Å². The number of hydrogen-bond acceptors (Lipinski definition) is 3. The number of piperidine rings is 1. The van der Waals surface area contributed by atoms with Crippen molar-refractivity contribution in [3.8, 4) is 0 Å². The van der Waals surface area contributed by atoms with E-state index in [1.807, 2.05) is 0 Å². The Hall–Kier alpha value is -1.06. The second-order valence-corrected chi connectivity index (χ2v) is 6.36. The highest BCUT2D eigenvalue weighted by Gasteiger charge is 2.27. The molecule has 1 N–H and O–H groups in total. The summed E-state index contributed by atoms with van der Waals surface area (Å²) in [6, 6.07) is 10.3. The van der Waals surface area contributed by atoms with Crippen LogP contribution in [0.25, 0.3) is 0 Å². The largest absolute Gasteiger partial charge is 0.367 e. The van der Waals surface area contributed by atoms with Crippen molar-refractivity contribution in [1.82, 2.24) is 10.2 Å². The summed E-state index contributed by atoms with van der Waals surface area (Å²) in [5.74, 6) is 0. The molecule has 2 heterocycles. The zero-order valence-electron chi connectivity index (χ0n) is 12.8. The summed E-state index contributed by atoms with van der Waals surface area (Å²) in [5, 5.41) is 3.55. The molecule has 0 saturated carbocycles. The van der Waals surface area contributed by atoms with E-state index in [4.69, 9.17) is 0 Å². The average molecular weight is 273 g/mol. The van der Waals surface area contributed by atoms with Gasteiger partial charge in [-0.3, -0.25) is 0 Å². The van der Waals surface area contributed by atoms with Gasteiger partial charge >= 0.3 is 0 Å². The van der Waals surface area contributed by atoms with Crippen molar-refractivity contribution in [2.24, 2.45) is 0 Å². The van der Waals surface area contributed by atoms with Crippen LogP contribution in [0, 0.1) is 0 Å². The van der Waals surface area contributed by atoms with E-state index in [2.05, 4.69) is 53.2 Å². The smallest absolute Gasteiger partial charge is 0.0414 e. The molecule has 1 aromatic carbocycles. The second kappa shape index (κ2) is 6.15. The predicted molar refractivity (Wildman–Crippen MR) is 85.2 cm³/mol. The van der Waals surface area contributed by atoms with E-state index in [0.717, 1.165) is 19.6 Å². The number of para-hydroxylation sites is 1. The Morgan fingerprint density at radius 3 is 2.60 bits per heavy atom.